The molecule has 0 spiro atoms. The van der Waals surface area contributed by atoms with Gasteiger partial charge in [0, 0.05) is 20.1 Å². The van der Waals surface area contributed by atoms with E-state index in [1.165, 1.54) is 12.1 Å². The molecule has 4 nitrogen and oxygen atoms in total. The first-order chi connectivity index (χ1) is 9.11. The van der Waals surface area contributed by atoms with Gasteiger partial charge in [0.1, 0.15) is 5.82 Å². The molecule has 0 amide bonds. The summed E-state index contributed by atoms with van der Waals surface area (Å²) < 4.78 is 13.0. The molecule has 0 unspecified atom stereocenters. The summed E-state index contributed by atoms with van der Waals surface area (Å²) in [6.07, 6.45) is 1.05. The minimum absolute atomic E-state index is 0.215. The van der Waals surface area contributed by atoms with E-state index in [1.807, 2.05) is 6.07 Å². The second kappa shape index (κ2) is 8.48. The lowest BCUT2D eigenvalue weighted by molar-refractivity contribution is 0.399. The smallest absolute Gasteiger partial charge is 0.191 e. The molecule has 19 heavy (non-hydrogen) atoms. The highest BCUT2D eigenvalue weighted by molar-refractivity contribution is 5.79. The average Bonchev–Trinajstić information content (AvgIpc) is 2.37. The van der Waals surface area contributed by atoms with Crippen molar-refractivity contribution in [2.24, 2.45) is 4.99 Å². The standard InChI is InChI=1S/C14H23FN4/c1-16-14(17-8-5-9-19(2)3)18-11-12-6-4-7-13(15)10-12/h4,6-7,10H,5,8-9,11H2,1-3H3,(H2,16,17,18). The molecular formula is C14H23FN4. The van der Waals surface area contributed by atoms with Gasteiger partial charge in [-0.05, 0) is 44.8 Å². The Hall–Kier alpha value is -1.62. The predicted octanol–water partition coefficient (Wildman–Crippen LogP) is 1.44. The van der Waals surface area contributed by atoms with Crippen LogP contribution in [0.4, 0.5) is 4.39 Å². The van der Waals surface area contributed by atoms with Crippen LogP contribution in [0.25, 0.3) is 0 Å². The molecule has 0 aliphatic heterocycles. The van der Waals surface area contributed by atoms with Crippen molar-refractivity contribution in [2.75, 3.05) is 34.2 Å². The summed E-state index contributed by atoms with van der Waals surface area (Å²) in [5, 5.41) is 6.39. The summed E-state index contributed by atoms with van der Waals surface area (Å²) in [7, 11) is 5.83. The molecule has 0 saturated heterocycles. The van der Waals surface area contributed by atoms with E-state index in [-0.39, 0.29) is 5.82 Å². The molecule has 0 aliphatic rings. The third-order valence-corrected chi connectivity index (χ3v) is 2.65. The van der Waals surface area contributed by atoms with Crippen LogP contribution in [0.15, 0.2) is 29.3 Å². The number of aliphatic imine (C=N–C) groups is 1. The van der Waals surface area contributed by atoms with Crippen molar-refractivity contribution in [2.45, 2.75) is 13.0 Å². The number of nitrogens with one attached hydrogen (secondary N) is 2. The Labute approximate surface area is 114 Å². The van der Waals surface area contributed by atoms with Crippen molar-refractivity contribution in [1.29, 1.82) is 0 Å². The maximum absolute atomic E-state index is 13.0. The summed E-state index contributed by atoms with van der Waals surface area (Å²) in [4.78, 5) is 6.27. The highest BCUT2D eigenvalue weighted by atomic mass is 19.1. The third-order valence-electron chi connectivity index (χ3n) is 2.65. The highest BCUT2D eigenvalue weighted by Gasteiger charge is 1.99. The second-order valence-corrected chi connectivity index (χ2v) is 4.64. The van der Waals surface area contributed by atoms with Gasteiger partial charge in [-0.25, -0.2) is 4.39 Å². The van der Waals surface area contributed by atoms with E-state index >= 15 is 0 Å². The number of benzene rings is 1. The van der Waals surface area contributed by atoms with Crippen LogP contribution >= 0.6 is 0 Å². The Morgan fingerprint density at radius 2 is 2.11 bits per heavy atom. The molecular weight excluding hydrogens is 243 g/mol. The van der Waals surface area contributed by atoms with Gasteiger partial charge in [-0.2, -0.15) is 0 Å². The molecule has 0 aromatic heterocycles. The van der Waals surface area contributed by atoms with E-state index in [2.05, 4.69) is 34.6 Å². The van der Waals surface area contributed by atoms with Crippen molar-refractivity contribution < 1.29 is 4.39 Å². The first-order valence-electron chi connectivity index (χ1n) is 6.45. The molecule has 0 fully saturated rings. The van der Waals surface area contributed by atoms with E-state index in [9.17, 15) is 4.39 Å². The molecule has 0 aliphatic carbocycles. The fraction of sp³-hybridized carbons (Fsp3) is 0.500. The van der Waals surface area contributed by atoms with E-state index in [4.69, 9.17) is 0 Å². The molecule has 5 heteroatoms. The average molecular weight is 266 g/mol. The Bertz CT molecular complexity index is 404. The minimum atomic E-state index is -0.215. The molecule has 0 radical (unpaired) electrons. The first kappa shape index (κ1) is 15.4. The van der Waals surface area contributed by atoms with Crippen molar-refractivity contribution in [3.63, 3.8) is 0 Å². The number of hydrogen-bond acceptors (Lipinski definition) is 2. The number of halogens is 1. The van der Waals surface area contributed by atoms with Gasteiger partial charge in [-0.15, -0.1) is 0 Å². The lowest BCUT2D eigenvalue weighted by Gasteiger charge is -2.13. The molecule has 0 atom stereocenters. The molecule has 1 aromatic rings. The zero-order chi connectivity index (χ0) is 14.1. The van der Waals surface area contributed by atoms with Crippen LogP contribution in [0.2, 0.25) is 0 Å². The van der Waals surface area contributed by atoms with Crippen LogP contribution in [0.3, 0.4) is 0 Å². The van der Waals surface area contributed by atoms with Crippen LogP contribution in [-0.4, -0.2) is 45.1 Å². The fourth-order valence-electron chi connectivity index (χ4n) is 1.66. The van der Waals surface area contributed by atoms with Gasteiger partial charge in [-0.1, -0.05) is 12.1 Å². The summed E-state index contributed by atoms with van der Waals surface area (Å²) in [5.41, 5.74) is 0.899. The number of guanidine groups is 1. The van der Waals surface area contributed by atoms with Gasteiger partial charge < -0.3 is 15.5 Å². The summed E-state index contributed by atoms with van der Waals surface area (Å²) in [5.74, 6) is 0.524. The van der Waals surface area contributed by atoms with Gasteiger partial charge in [0.2, 0.25) is 0 Å². The van der Waals surface area contributed by atoms with E-state index in [0.29, 0.717) is 6.54 Å². The second-order valence-electron chi connectivity index (χ2n) is 4.64. The zero-order valence-corrected chi connectivity index (χ0v) is 11.9. The van der Waals surface area contributed by atoms with Gasteiger partial charge >= 0.3 is 0 Å². The largest absolute Gasteiger partial charge is 0.356 e. The van der Waals surface area contributed by atoms with Gasteiger partial charge in [0.15, 0.2) is 5.96 Å². The summed E-state index contributed by atoms with van der Waals surface area (Å²) in [6.45, 7) is 2.46. The van der Waals surface area contributed by atoms with Crippen LogP contribution < -0.4 is 10.6 Å². The Morgan fingerprint density at radius 3 is 2.74 bits per heavy atom. The predicted molar refractivity (Wildman–Crippen MR) is 77.8 cm³/mol. The van der Waals surface area contributed by atoms with E-state index < -0.39 is 0 Å². The van der Waals surface area contributed by atoms with Gasteiger partial charge in [-0.3, -0.25) is 4.99 Å². The van der Waals surface area contributed by atoms with Crippen molar-refractivity contribution in [3.05, 3.63) is 35.6 Å². The highest BCUT2D eigenvalue weighted by Crippen LogP contribution is 2.02. The lowest BCUT2D eigenvalue weighted by atomic mass is 10.2. The van der Waals surface area contributed by atoms with Crippen LogP contribution in [0.1, 0.15) is 12.0 Å². The number of hydrogen-bond donors (Lipinski definition) is 2. The van der Waals surface area contributed by atoms with Crippen molar-refractivity contribution in [3.8, 4) is 0 Å². The molecule has 106 valence electrons. The first-order valence-corrected chi connectivity index (χ1v) is 6.45. The molecule has 0 heterocycles. The third kappa shape index (κ3) is 6.76. The molecule has 2 N–H and O–H groups in total. The van der Waals surface area contributed by atoms with Crippen LogP contribution in [0.5, 0.6) is 0 Å². The Morgan fingerprint density at radius 1 is 1.32 bits per heavy atom. The van der Waals surface area contributed by atoms with Crippen molar-refractivity contribution >= 4 is 5.96 Å². The quantitative estimate of drug-likeness (QED) is 0.465. The lowest BCUT2D eigenvalue weighted by Crippen LogP contribution is -2.38. The van der Waals surface area contributed by atoms with Crippen LogP contribution in [0, 0.1) is 5.82 Å². The maximum atomic E-state index is 13.0. The van der Waals surface area contributed by atoms with Gasteiger partial charge in [0.05, 0.1) is 0 Å². The molecule has 0 bridgehead atoms. The molecule has 0 saturated carbocycles. The normalized spacial score (nSPS) is 11.7. The summed E-state index contributed by atoms with van der Waals surface area (Å²) >= 11 is 0. The van der Waals surface area contributed by atoms with Gasteiger partial charge in [0.25, 0.3) is 0 Å². The number of nitrogens with zero attached hydrogens (tertiary/aromatic N) is 2. The van der Waals surface area contributed by atoms with Crippen molar-refractivity contribution in [1.82, 2.24) is 15.5 Å². The minimum Gasteiger partial charge on any atom is -0.356 e. The number of rotatable bonds is 6. The van der Waals surface area contributed by atoms with Crippen LogP contribution in [-0.2, 0) is 6.54 Å². The maximum Gasteiger partial charge on any atom is 0.191 e. The topological polar surface area (TPSA) is 39.7 Å². The Kier molecular flexibility index (Phi) is 6.89. The van der Waals surface area contributed by atoms with E-state index in [0.717, 1.165) is 31.0 Å². The fourth-order valence-corrected chi connectivity index (χ4v) is 1.66. The monoisotopic (exact) mass is 266 g/mol. The zero-order valence-electron chi connectivity index (χ0n) is 11.9. The van der Waals surface area contributed by atoms with E-state index in [1.54, 1.807) is 13.1 Å². The summed E-state index contributed by atoms with van der Waals surface area (Å²) in [6, 6.07) is 6.55. The molecule has 1 aromatic carbocycles. The SMILES string of the molecule is CN=C(NCCCN(C)C)NCc1cccc(F)c1. The molecule has 1 rings (SSSR count). The Balaban J connectivity index is 2.29.